The third-order valence-electron chi connectivity index (χ3n) is 1.18. The van der Waals surface area contributed by atoms with Gasteiger partial charge in [0.15, 0.2) is 0 Å². The molecule has 0 spiro atoms. The van der Waals surface area contributed by atoms with E-state index in [4.69, 9.17) is 11.6 Å². The summed E-state index contributed by atoms with van der Waals surface area (Å²) in [6, 6.07) is 0. The van der Waals surface area contributed by atoms with Gasteiger partial charge in [0.1, 0.15) is 0 Å². The zero-order valence-electron chi connectivity index (χ0n) is 6.43. The molecule has 0 aromatic rings. The van der Waals surface area contributed by atoms with Crippen LogP contribution in [0, 0.1) is 63.2 Å². The van der Waals surface area contributed by atoms with Crippen LogP contribution >= 0.6 is 11.6 Å². The molecule has 0 aliphatic heterocycles. The molecule has 0 heterocycles. The Morgan fingerprint density at radius 2 is 1.00 bits per heavy atom. The Labute approximate surface area is 91.9 Å². The van der Waals surface area contributed by atoms with Crippen LogP contribution in [0.4, 0.5) is 0 Å². The molecule has 12 heavy (non-hydrogen) atoms. The minimum absolute atomic E-state index is 0. The van der Waals surface area contributed by atoms with Gasteiger partial charge in [-0.05, 0) is 57.8 Å². The molecular weight excluding hydrogens is 211 g/mol. The molecule has 2 fully saturated rings. The van der Waals surface area contributed by atoms with Crippen LogP contribution < -0.4 is 0 Å². The summed E-state index contributed by atoms with van der Waals surface area (Å²) in [5.74, 6) is 0. The Morgan fingerprint density at radius 1 is 0.667 bits per heavy atom. The minimum Gasteiger partial charge on any atom is -0.117 e. The second-order valence-electron chi connectivity index (χ2n) is 2.07. The van der Waals surface area contributed by atoms with Gasteiger partial charge in [0.2, 0.25) is 0 Å². The Hall–Kier alpha value is 0.809. The van der Waals surface area contributed by atoms with Crippen LogP contribution in [-0.4, -0.2) is 0 Å². The first-order valence-electron chi connectivity index (χ1n) is 3.43. The van der Waals surface area contributed by atoms with Crippen molar-refractivity contribution in [3.8, 4) is 0 Å². The van der Waals surface area contributed by atoms with Crippen molar-refractivity contribution in [2.75, 3.05) is 0 Å². The molecule has 0 unspecified atom stereocenters. The summed E-state index contributed by atoms with van der Waals surface area (Å²) in [6.07, 6.45) is 17.5. The van der Waals surface area contributed by atoms with Crippen molar-refractivity contribution in [2.24, 2.45) is 0 Å². The molecular formula is C10H9ClFe. The first-order chi connectivity index (χ1) is 5.39. The van der Waals surface area contributed by atoms with Gasteiger partial charge in [-0.1, -0.05) is 0 Å². The Balaban J connectivity index is 0.000000189. The van der Waals surface area contributed by atoms with E-state index in [1.807, 2.05) is 57.8 Å². The number of rotatable bonds is 0. The summed E-state index contributed by atoms with van der Waals surface area (Å²) >= 11 is 5.46. The molecule has 10 radical (unpaired) electrons. The van der Waals surface area contributed by atoms with Crippen molar-refractivity contribution in [1.29, 1.82) is 0 Å². The van der Waals surface area contributed by atoms with Gasteiger partial charge < -0.3 is 0 Å². The maximum absolute atomic E-state index is 5.46. The summed E-state index contributed by atoms with van der Waals surface area (Å²) < 4.78 is 0. The summed E-state index contributed by atoms with van der Waals surface area (Å²) in [5, 5.41) is 0.815. The second-order valence-corrected chi connectivity index (χ2v) is 2.50. The summed E-state index contributed by atoms with van der Waals surface area (Å²) in [5.41, 5.74) is 0. The fourth-order valence-corrected chi connectivity index (χ4v) is 0.817. The average Bonchev–Trinajstić information content (AvgIpc) is 2.57. The van der Waals surface area contributed by atoms with Gasteiger partial charge in [0.05, 0.1) is 5.38 Å². The molecule has 0 saturated heterocycles. The van der Waals surface area contributed by atoms with Crippen molar-refractivity contribution < 1.29 is 17.1 Å². The van der Waals surface area contributed by atoms with Gasteiger partial charge in [-0.3, -0.25) is 0 Å². The van der Waals surface area contributed by atoms with Crippen LogP contribution in [0.3, 0.4) is 0 Å². The first-order valence-corrected chi connectivity index (χ1v) is 3.81. The smallest absolute Gasteiger partial charge is 0.0712 e. The SMILES string of the molecule is Cl[C]1[CH][CH][CH][CH]1.[CH]1[CH][CH][CH][CH]1.[Fe]. The molecule has 2 aliphatic rings. The molecule has 0 bridgehead atoms. The number of hydrogen-bond donors (Lipinski definition) is 0. The van der Waals surface area contributed by atoms with Crippen molar-refractivity contribution in [2.45, 2.75) is 0 Å². The van der Waals surface area contributed by atoms with E-state index in [0.29, 0.717) is 0 Å². The summed E-state index contributed by atoms with van der Waals surface area (Å²) in [7, 11) is 0. The zero-order chi connectivity index (χ0) is 7.94. The van der Waals surface area contributed by atoms with E-state index < -0.39 is 0 Å². The molecule has 2 rings (SSSR count). The summed E-state index contributed by atoms with van der Waals surface area (Å²) in [4.78, 5) is 0. The van der Waals surface area contributed by atoms with E-state index in [1.54, 1.807) is 0 Å². The largest absolute Gasteiger partial charge is 0.117 e. The van der Waals surface area contributed by atoms with Gasteiger partial charge in [-0.2, -0.15) is 0 Å². The first kappa shape index (κ1) is 12.8. The van der Waals surface area contributed by atoms with Gasteiger partial charge in [0.25, 0.3) is 0 Å². The van der Waals surface area contributed by atoms with E-state index in [1.165, 1.54) is 0 Å². The molecule has 2 heteroatoms. The zero-order valence-corrected chi connectivity index (χ0v) is 8.29. The van der Waals surface area contributed by atoms with Crippen LogP contribution in [0.15, 0.2) is 0 Å². The number of hydrogen-bond acceptors (Lipinski definition) is 0. The van der Waals surface area contributed by atoms with Crippen LogP contribution in [0.25, 0.3) is 0 Å². The van der Waals surface area contributed by atoms with Gasteiger partial charge in [0, 0.05) is 17.1 Å². The molecule has 0 aromatic carbocycles. The van der Waals surface area contributed by atoms with Crippen molar-refractivity contribution >= 4 is 11.6 Å². The van der Waals surface area contributed by atoms with E-state index in [9.17, 15) is 0 Å². The van der Waals surface area contributed by atoms with E-state index in [-0.39, 0.29) is 17.1 Å². The van der Waals surface area contributed by atoms with Crippen LogP contribution in [-0.2, 0) is 17.1 Å². The normalized spacial score (nSPS) is 22.8. The maximum Gasteiger partial charge on any atom is 0.0712 e. The van der Waals surface area contributed by atoms with Gasteiger partial charge in [-0.15, -0.1) is 11.6 Å². The van der Waals surface area contributed by atoms with Gasteiger partial charge >= 0.3 is 0 Å². The van der Waals surface area contributed by atoms with Crippen LogP contribution in [0.5, 0.6) is 0 Å². The molecule has 2 saturated carbocycles. The van der Waals surface area contributed by atoms with Crippen LogP contribution in [0.2, 0.25) is 0 Å². The molecule has 0 amide bonds. The van der Waals surface area contributed by atoms with Crippen molar-refractivity contribution in [1.82, 2.24) is 0 Å². The van der Waals surface area contributed by atoms with E-state index in [0.717, 1.165) is 5.38 Å². The van der Waals surface area contributed by atoms with E-state index >= 15 is 0 Å². The molecule has 0 nitrogen and oxygen atoms in total. The third-order valence-corrected chi connectivity index (χ3v) is 1.43. The predicted octanol–water partition coefficient (Wildman–Crippen LogP) is 2.61. The minimum atomic E-state index is 0. The Kier molecular flexibility index (Phi) is 8.98. The van der Waals surface area contributed by atoms with Crippen LogP contribution in [0.1, 0.15) is 0 Å². The molecule has 0 atom stereocenters. The van der Waals surface area contributed by atoms with Crippen molar-refractivity contribution in [3.05, 3.63) is 63.2 Å². The fraction of sp³-hybridized carbons (Fsp3) is 0. The third kappa shape index (κ3) is 6.34. The maximum atomic E-state index is 5.46. The topological polar surface area (TPSA) is 0 Å². The quantitative estimate of drug-likeness (QED) is 0.551. The Morgan fingerprint density at radius 3 is 1.17 bits per heavy atom. The Bertz CT molecular complexity index is 78.2. The molecule has 0 aromatic heterocycles. The fourth-order valence-electron chi connectivity index (χ4n) is 0.671. The van der Waals surface area contributed by atoms with E-state index in [2.05, 4.69) is 0 Å². The second kappa shape index (κ2) is 8.41. The summed E-state index contributed by atoms with van der Waals surface area (Å²) in [6.45, 7) is 0. The van der Waals surface area contributed by atoms with Gasteiger partial charge in [-0.25, -0.2) is 0 Å². The monoisotopic (exact) mass is 220 g/mol. The molecule has 2 aliphatic carbocycles. The molecule has 64 valence electrons. The van der Waals surface area contributed by atoms with Crippen molar-refractivity contribution in [3.63, 3.8) is 0 Å². The predicted molar refractivity (Wildman–Crippen MR) is 47.8 cm³/mol. The average molecular weight is 220 g/mol. The number of halogens is 1. The molecule has 0 N–H and O–H groups in total. The standard InChI is InChI=1S/C5H4Cl.C5H5.Fe/c6-5-3-1-2-4-5;1-2-4-5-3-1;/h1-4H;1-5H;.